The van der Waals surface area contributed by atoms with Gasteiger partial charge in [-0.05, 0) is 11.8 Å². The molecule has 2 atom stereocenters. The van der Waals surface area contributed by atoms with Crippen LogP contribution in [0.4, 0.5) is 0 Å². The zero-order chi connectivity index (χ0) is 6.73. The van der Waals surface area contributed by atoms with Gasteiger partial charge in [-0.25, -0.2) is 0 Å². The summed E-state index contributed by atoms with van der Waals surface area (Å²) in [5, 5.41) is 8.77. The third-order valence-electron chi connectivity index (χ3n) is 1.59. The number of nitrogens with two attached hydrogens (primary N) is 1. The van der Waals surface area contributed by atoms with Gasteiger partial charge in [0.15, 0.2) is 0 Å². The fraction of sp³-hybridized carbons (Fsp3) is 1.00. The minimum atomic E-state index is -0.657. The second-order valence-electron chi connectivity index (χ2n) is 2.59. The first-order valence-corrected chi connectivity index (χ1v) is 2.99. The Morgan fingerprint density at radius 1 is 1.25 bits per heavy atom. The highest BCUT2D eigenvalue weighted by molar-refractivity contribution is 4.60. The van der Waals surface area contributed by atoms with Gasteiger partial charge in [0.25, 0.3) is 0 Å². The van der Waals surface area contributed by atoms with Crippen molar-refractivity contribution in [3.8, 4) is 0 Å². The molecule has 2 heteroatoms. The fourth-order valence-electron chi connectivity index (χ4n) is 0.394. The summed E-state index contributed by atoms with van der Waals surface area (Å²) in [5.74, 6) is 0.671. The van der Waals surface area contributed by atoms with Gasteiger partial charge in [-0.3, -0.25) is 0 Å². The summed E-state index contributed by atoms with van der Waals surface area (Å²) in [6.45, 7) is 6.02. The van der Waals surface area contributed by atoms with E-state index in [0.29, 0.717) is 5.92 Å². The van der Waals surface area contributed by atoms with Gasteiger partial charge in [-0.2, -0.15) is 0 Å². The van der Waals surface area contributed by atoms with Gasteiger partial charge in [0.1, 0.15) is 6.23 Å². The van der Waals surface area contributed by atoms with E-state index in [-0.39, 0.29) is 5.92 Å². The summed E-state index contributed by atoms with van der Waals surface area (Å²) in [6, 6.07) is 0. The summed E-state index contributed by atoms with van der Waals surface area (Å²) < 4.78 is 0. The molecule has 50 valence electrons. The summed E-state index contributed by atoms with van der Waals surface area (Å²) in [4.78, 5) is 0. The molecule has 0 saturated heterocycles. The van der Waals surface area contributed by atoms with Crippen molar-refractivity contribution in [2.75, 3.05) is 0 Å². The van der Waals surface area contributed by atoms with Crippen molar-refractivity contribution in [2.45, 2.75) is 27.0 Å². The molecule has 0 bridgehead atoms. The van der Waals surface area contributed by atoms with Crippen LogP contribution in [0.1, 0.15) is 20.8 Å². The quantitative estimate of drug-likeness (QED) is 0.519. The van der Waals surface area contributed by atoms with Crippen LogP contribution in [0.3, 0.4) is 0 Å². The Hall–Kier alpha value is -0.0800. The van der Waals surface area contributed by atoms with E-state index >= 15 is 0 Å². The first kappa shape index (κ1) is 7.92. The SMILES string of the molecule is CC(C)[C@@H](C)[C@@H](N)O. The number of rotatable bonds is 2. The van der Waals surface area contributed by atoms with E-state index in [0.717, 1.165) is 0 Å². The molecule has 0 aromatic heterocycles. The summed E-state index contributed by atoms with van der Waals surface area (Å²) >= 11 is 0. The molecule has 3 N–H and O–H groups in total. The Labute approximate surface area is 50.7 Å². The van der Waals surface area contributed by atoms with Crippen LogP contribution >= 0.6 is 0 Å². The van der Waals surface area contributed by atoms with E-state index in [1.165, 1.54) is 0 Å². The van der Waals surface area contributed by atoms with Crippen LogP contribution in [0.15, 0.2) is 0 Å². The van der Waals surface area contributed by atoms with Crippen LogP contribution in [-0.2, 0) is 0 Å². The molecule has 0 radical (unpaired) electrons. The Balaban J connectivity index is 3.46. The summed E-state index contributed by atoms with van der Waals surface area (Å²) in [5.41, 5.74) is 5.19. The monoisotopic (exact) mass is 117 g/mol. The molecule has 0 aliphatic rings. The molecule has 0 aromatic carbocycles. The molecule has 0 saturated carbocycles. The summed E-state index contributed by atoms with van der Waals surface area (Å²) in [6.07, 6.45) is -0.657. The van der Waals surface area contributed by atoms with E-state index < -0.39 is 6.23 Å². The number of hydrogen-bond acceptors (Lipinski definition) is 2. The van der Waals surface area contributed by atoms with Gasteiger partial charge in [-0.15, -0.1) is 0 Å². The molecule has 0 rings (SSSR count). The highest BCUT2D eigenvalue weighted by Gasteiger charge is 2.11. The molecule has 0 aliphatic carbocycles. The van der Waals surface area contributed by atoms with Crippen LogP contribution in [0, 0.1) is 11.8 Å². The van der Waals surface area contributed by atoms with Crippen LogP contribution in [0.2, 0.25) is 0 Å². The normalized spacial score (nSPS) is 18.8. The van der Waals surface area contributed by atoms with E-state index in [2.05, 4.69) is 0 Å². The zero-order valence-electron chi connectivity index (χ0n) is 5.76. The molecule has 0 unspecified atom stereocenters. The van der Waals surface area contributed by atoms with Crippen molar-refractivity contribution >= 4 is 0 Å². The molecule has 0 heterocycles. The average molecular weight is 117 g/mol. The van der Waals surface area contributed by atoms with Crippen molar-refractivity contribution in [3.05, 3.63) is 0 Å². The van der Waals surface area contributed by atoms with E-state index in [4.69, 9.17) is 10.8 Å². The number of aliphatic hydroxyl groups excluding tert-OH is 1. The average Bonchev–Trinajstić information content (AvgIpc) is 1.64. The minimum absolute atomic E-state index is 0.204. The van der Waals surface area contributed by atoms with Crippen molar-refractivity contribution in [1.29, 1.82) is 0 Å². The smallest absolute Gasteiger partial charge is 0.105 e. The second kappa shape index (κ2) is 3.05. The van der Waals surface area contributed by atoms with Crippen molar-refractivity contribution in [3.63, 3.8) is 0 Å². The third kappa shape index (κ3) is 2.28. The third-order valence-corrected chi connectivity index (χ3v) is 1.59. The highest BCUT2D eigenvalue weighted by atomic mass is 16.3. The van der Waals surface area contributed by atoms with Gasteiger partial charge in [-0.1, -0.05) is 20.8 Å². The first-order valence-electron chi connectivity index (χ1n) is 2.99. The van der Waals surface area contributed by atoms with Crippen molar-refractivity contribution < 1.29 is 5.11 Å². The van der Waals surface area contributed by atoms with Crippen molar-refractivity contribution in [1.82, 2.24) is 0 Å². The van der Waals surface area contributed by atoms with Crippen LogP contribution in [0.5, 0.6) is 0 Å². The molecular weight excluding hydrogens is 102 g/mol. The zero-order valence-corrected chi connectivity index (χ0v) is 5.76. The Kier molecular flexibility index (Phi) is 3.02. The number of aliphatic hydroxyl groups is 1. The molecule has 0 amide bonds. The molecule has 0 spiro atoms. The molecule has 2 nitrogen and oxygen atoms in total. The molecular formula is C6H15NO. The standard InChI is InChI=1S/C6H15NO/c1-4(2)5(3)6(7)8/h4-6,8H,7H2,1-3H3/t5-,6+/m1/s1. The predicted octanol–water partition coefficient (Wildman–Crippen LogP) is 0.556. The van der Waals surface area contributed by atoms with Gasteiger partial charge < -0.3 is 10.8 Å². The maximum absolute atomic E-state index is 8.77. The summed E-state index contributed by atoms with van der Waals surface area (Å²) in [7, 11) is 0. The largest absolute Gasteiger partial charge is 0.379 e. The van der Waals surface area contributed by atoms with Crippen LogP contribution in [-0.4, -0.2) is 11.3 Å². The Morgan fingerprint density at radius 2 is 1.62 bits per heavy atom. The molecule has 8 heavy (non-hydrogen) atoms. The van der Waals surface area contributed by atoms with Gasteiger partial charge in [0.2, 0.25) is 0 Å². The van der Waals surface area contributed by atoms with E-state index in [1.54, 1.807) is 0 Å². The van der Waals surface area contributed by atoms with Crippen LogP contribution < -0.4 is 5.73 Å². The predicted molar refractivity (Wildman–Crippen MR) is 34.2 cm³/mol. The van der Waals surface area contributed by atoms with Gasteiger partial charge in [0.05, 0.1) is 0 Å². The van der Waals surface area contributed by atoms with Gasteiger partial charge in [0, 0.05) is 0 Å². The lowest BCUT2D eigenvalue weighted by atomic mass is 9.97. The molecule has 0 aromatic rings. The fourth-order valence-corrected chi connectivity index (χ4v) is 0.394. The maximum atomic E-state index is 8.77. The van der Waals surface area contributed by atoms with E-state index in [9.17, 15) is 0 Å². The number of hydrogen-bond donors (Lipinski definition) is 2. The lowest BCUT2D eigenvalue weighted by Crippen LogP contribution is -2.30. The molecule has 0 fully saturated rings. The maximum Gasteiger partial charge on any atom is 0.105 e. The Bertz CT molecular complexity index is 53.5. The van der Waals surface area contributed by atoms with E-state index in [1.807, 2.05) is 20.8 Å². The highest BCUT2D eigenvalue weighted by Crippen LogP contribution is 2.10. The molecule has 0 aliphatic heterocycles. The lowest BCUT2D eigenvalue weighted by molar-refractivity contribution is 0.0980. The second-order valence-corrected chi connectivity index (χ2v) is 2.59. The van der Waals surface area contributed by atoms with Crippen molar-refractivity contribution in [2.24, 2.45) is 17.6 Å². The minimum Gasteiger partial charge on any atom is -0.379 e. The van der Waals surface area contributed by atoms with Crippen LogP contribution in [0.25, 0.3) is 0 Å². The van der Waals surface area contributed by atoms with Gasteiger partial charge >= 0.3 is 0 Å². The Morgan fingerprint density at radius 3 is 1.62 bits per heavy atom. The first-order chi connectivity index (χ1) is 3.55. The lowest BCUT2D eigenvalue weighted by Gasteiger charge is -2.17. The topological polar surface area (TPSA) is 46.2 Å².